The predicted octanol–water partition coefficient (Wildman–Crippen LogP) is 3.85. The smallest absolute Gasteiger partial charge is 0.0445 e. The summed E-state index contributed by atoms with van der Waals surface area (Å²) in [6, 6.07) is 19.5. The standard InChI is InChI=1S/C19H25NO/c1-15(2)19(12-13-21)20-14-16-8-10-18(11-9-16)17-6-4-3-5-7-17/h3-11,15,19-21H,12-14H2,1-2H3. The van der Waals surface area contributed by atoms with E-state index in [0.717, 1.165) is 13.0 Å². The van der Waals surface area contributed by atoms with Crippen LogP contribution in [0.3, 0.4) is 0 Å². The highest BCUT2D eigenvalue weighted by Crippen LogP contribution is 2.19. The second kappa shape index (κ2) is 7.96. The molecular weight excluding hydrogens is 258 g/mol. The molecule has 0 aliphatic carbocycles. The summed E-state index contributed by atoms with van der Waals surface area (Å²) in [6.45, 7) is 5.46. The summed E-state index contributed by atoms with van der Waals surface area (Å²) in [7, 11) is 0. The van der Waals surface area contributed by atoms with Crippen molar-refractivity contribution in [2.45, 2.75) is 32.9 Å². The summed E-state index contributed by atoms with van der Waals surface area (Å²) in [5.74, 6) is 0.528. The Morgan fingerprint density at radius 2 is 1.52 bits per heavy atom. The van der Waals surface area contributed by atoms with Crippen LogP contribution in [-0.4, -0.2) is 17.8 Å². The van der Waals surface area contributed by atoms with Gasteiger partial charge >= 0.3 is 0 Å². The van der Waals surface area contributed by atoms with Crippen LogP contribution < -0.4 is 5.32 Å². The number of benzene rings is 2. The molecule has 0 saturated carbocycles. The van der Waals surface area contributed by atoms with Crippen molar-refractivity contribution in [3.05, 3.63) is 60.2 Å². The van der Waals surface area contributed by atoms with E-state index in [0.29, 0.717) is 12.0 Å². The number of aliphatic hydroxyl groups is 1. The molecule has 2 rings (SSSR count). The van der Waals surface area contributed by atoms with Gasteiger partial charge in [0, 0.05) is 19.2 Å². The molecule has 0 fully saturated rings. The second-order valence-electron chi connectivity index (χ2n) is 5.81. The van der Waals surface area contributed by atoms with Crippen LogP contribution in [-0.2, 0) is 6.54 Å². The van der Waals surface area contributed by atoms with Gasteiger partial charge < -0.3 is 10.4 Å². The van der Waals surface area contributed by atoms with Gasteiger partial charge in [0.15, 0.2) is 0 Å². The Labute approximate surface area is 127 Å². The molecule has 0 saturated heterocycles. The molecule has 2 N–H and O–H groups in total. The highest BCUT2D eigenvalue weighted by molar-refractivity contribution is 5.63. The molecule has 2 aromatic carbocycles. The predicted molar refractivity (Wildman–Crippen MR) is 89.0 cm³/mol. The molecule has 0 aromatic heterocycles. The molecule has 2 aromatic rings. The molecule has 0 aliphatic heterocycles. The first-order valence-corrected chi connectivity index (χ1v) is 7.69. The van der Waals surface area contributed by atoms with Gasteiger partial charge in [-0.05, 0) is 29.0 Å². The molecule has 0 bridgehead atoms. The van der Waals surface area contributed by atoms with Gasteiger partial charge in [-0.3, -0.25) is 0 Å². The van der Waals surface area contributed by atoms with Crippen molar-refractivity contribution in [3.8, 4) is 11.1 Å². The highest BCUT2D eigenvalue weighted by atomic mass is 16.3. The van der Waals surface area contributed by atoms with E-state index in [1.807, 2.05) is 6.07 Å². The van der Waals surface area contributed by atoms with Crippen LogP contribution in [0.1, 0.15) is 25.8 Å². The van der Waals surface area contributed by atoms with E-state index in [1.54, 1.807) is 0 Å². The van der Waals surface area contributed by atoms with Gasteiger partial charge in [0.25, 0.3) is 0 Å². The maximum absolute atomic E-state index is 9.11. The average Bonchev–Trinajstić information content (AvgIpc) is 2.52. The number of rotatable bonds is 7. The summed E-state index contributed by atoms with van der Waals surface area (Å²) in [5, 5.41) is 12.6. The van der Waals surface area contributed by atoms with Crippen molar-refractivity contribution in [3.63, 3.8) is 0 Å². The Bertz CT molecular complexity index is 519. The van der Waals surface area contributed by atoms with Gasteiger partial charge in [-0.25, -0.2) is 0 Å². The molecule has 112 valence electrons. The molecule has 21 heavy (non-hydrogen) atoms. The summed E-state index contributed by atoms with van der Waals surface area (Å²) < 4.78 is 0. The summed E-state index contributed by atoms with van der Waals surface area (Å²) >= 11 is 0. The van der Waals surface area contributed by atoms with E-state index in [9.17, 15) is 0 Å². The minimum absolute atomic E-state index is 0.239. The first-order chi connectivity index (χ1) is 10.2. The highest BCUT2D eigenvalue weighted by Gasteiger charge is 2.11. The van der Waals surface area contributed by atoms with E-state index >= 15 is 0 Å². The maximum Gasteiger partial charge on any atom is 0.0445 e. The van der Waals surface area contributed by atoms with Crippen molar-refractivity contribution >= 4 is 0 Å². The van der Waals surface area contributed by atoms with Crippen LogP contribution in [0.4, 0.5) is 0 Å². The topological polar surface area (TPSA) is 32.3 Å². The minimum Gasteiger partial charge on any atom is -0.396 e. The third-order valence-corrected chi connectivity index (χ3v) is 3.87. The quantitative estimate of drug-likeness (QED) is 0.809. The van der Waals surface area contributed by atoms with Crippen LogP contribution in [0, 0.1) is 5.92 Å². The van der Waals surface area contributed by atoms with Crippen molar-refractivity contribution in [2.24, 2.45) is 5.92 Å². The molecule has 0 amide bonds. The normalized spacial score (nSPS) is 12.6. The van der Waals surface area contributed by atoms with Gasteiger partial charge in [-0.15, -0.1) is 0 Å². The number of hydrogen-bond acceptors (Lipinski definition) is 2. The Hall–Kier alpha value is -1.64. The number of nitrogens with one attached hydrogen (secondary N) is 1. The first-order valence-electron chi connectivity index (χ1n) is 7.69. The zero-order valence-electron chi connectivity index (χ0n) is 12.9. The Kier molecular flexibility index (Phi) is 5.97. The maximum atomic E-state index is 9.11. The molecule has 2 heteroatoms. The average molecular weight is 283 g/mol. The Morgan fingerprint density at radius 3 is 2.10 bits per heavy atom. The Balaban J connectivity index is 1.96. The lowest BCUT2D eigenvalue weighted by molar-refractivity contribution is 0.244. The summed E-state index contributed by atoms with van der Waals surface area (Å²) in [5.41, 5.74) is 3.77. The SMILES string of the molecule is CC(C)C(CCO)NCc1ccc(-c2ccccc2)cc1. The van der Waals surface area contributed by atoms with E-state index in [1.165, 1.54) is 16.7 Å². The fourth-order valence-electron chi connectivity index (χ4n) is 2.50. The monoisotopic (exact) mass is 283 g/mol. The summed E-state index contributed by atoms with van der Waals surface area (Å²) in [4.78, 5) is 0. The lowest BCUT2D eigenvalue weighted by Gasteiger charge is -2.21. The fourth-order valence-corrected chi connectivity index (χ4v) is 2.50. The minimum atomic E-state index is 0.239. The van der Waals surface area contributed by atoms with Crippen LogP contribution in [0.2, 0.25) is 0 Å². The van der Waals surface area contributed by atoms with Crippen LogP contribution >= 0.6 is 0 Å². The number of hydrogen-bond donors (Lipinski definition) is 2. The zero-order chi connectivity index (χ0) is 15.1. The van der Waals surface area contributed by atoms with Crippen molar-refractivity contribution in [1.29, 1.82) is 0 Å². The lowest BCUT2D eigenvalue weighted by Crippen LogP contribution is -2.34. The van der Waals surface area contributed by atoms with Gasteiger partial charge in [0.2, 0.25) is 0 Å². The summed E-state index contributed by atoms with van der Waals surface area (Å²) in [6.07, 6.45) is 0.805. The lowest BCUT2D eigenvalue weighted by atomic mass is 10.0. The molecule has 1 atom stereocenters. The molecule has 1 unspecified atom stereocenters. The van der Waals surface area contributed by atoms with Crippen molar-refractivity contribution < 1.29 is 5.11 Å². The largest absolute Gasteiger partial charge is 0.396 e. The molecule has 2 nitrogen and oxygen atoms in total. The van der Waals surface area contributed by atoms with Crippen LogP contribution in [0.25, 0.3) is 11.1 Å². The van der Waals surface area contributed by atoms with E-state index < -0.39 is 0 Å². The number of aliphatic hydroxyl groups excluding tert-OH is 1. The molecule has 0 spiro atoms. The van der Waals surface area contributed by atoms with Crippen LogP contribution in [0.5, 0.6) is 0 Å². The molecular formula is C19H25NO. The fraction of sp³-hybridized carbons (Fsp3) is 0.368. The van der Waals surface area contributed by atoms with E-state index in [-0.39, 0.29) is 6.61 Å². The molecule has 0 aliphatic rings. The van der Waals surface area contributed by atoms with Crippen molar-refractivity contribution in [2.75, 3.05) is 6.61 Å². The second-order valence-corrected chi connectivity index (χ2v) is 5.81. The zero-order valence-corrected chi connectivity index (χ0v) is 12.9. The van der Waals surface area contributed by atoms with Gasteiger partial charge in [-0.2, -0.15) is 0 Å². The molecule has 0 heterocycles. The first kappa shape index (κ1) is 15.7. The Morgan fingerprint density at radius 1 is 0.905 bits per heavy atom. The van der Waals surface area contributed by atoms with E-state index in [4.69, 9.17) is 5.11 Å². The third-order valence-electron chi connectivity index (χ3n) is 3.87. The van der Waals surface area contributed by atoms with Gasteiger partial charge in [-0.1, -0.05) is 68.4 Å². The van der Waals surface area contributed by atoms with Crippen molar-refractivity contribution in [1.82, 2.24) is 5.32 Å². The van der Waals surface area contributed by atoms with Gasteiger partial charge in [0.1, 0.15) is 0 Å². The third kappa shape index (κ3) is 4.69. The van der Waals surface area contributed by atoms with Gasteiger partial charge in [0.05, 0.1) is 0 Å². The van der Waals surface area contributed by atoms with E-state index in [2.05, 4.69) is 67.7 Å². The molecule has 0 radical (unpaired) electrons. The van der Waals surface area contributed by atoms with Crippen LogP contribution in [0.15, 0.2) is 54.6 Å².